The summed E-state index contributed by atoms with van der Waals surface area (Å²) in [6.45, 7) is 4.56. The smallest absolute Gasteiger partial charge is 0.266 e. The molecule has 2 N–H and O–H groups in total. The minimum atomic E-state index is -3.54. The number of sulfonamides is 1. The van der Waals surface area contributed by atoms with Gasteiger partial charge in [0.15, 0.2) is 0 Å². The molecule has 114 valence electrons. The van der Waals surface area contributed by atoms with E-state index in [1.54, 1.807) is 6.07 Å². The van der Waals surface area contributed by atoms with E-state index in [-0.39, 0.29) is 0 Å². The monoisotopic (exact) mass is 308 g/mol. The summed E-state index contributed by atoms with van der Waals surface area (Å²) in [5.74, 6) is 0.304. The minimum absolute atomic E-state index is 0.294. The molecule has 0 bridgehead atoms. The lowest BCUT2D eigenvalue weighted by molar-refractivity contribution is 0.591. The van der Waals surface area contributed by atoms with Crippen LogP contribution in [0.1, 0.15) is 26.2 Å². The van der Waals surface area contributed by atoms with Crippen LogP contribution in [-0.4, -0.2) is 34.0 Å². The number of benzene rings is 1. The van der Waals surface area contributed by atoms with Gasteiger partial charge in [-0.1, -0.05) is 6.92 Å². The molecule has 3 rings (SSSR count). The van der Waals surface area contributed by atoms with Gasteiger partial charge in [0.2, 0.25) is 5.96 Å². The fourth-order valence-corrected chi connectivity index (χ4v) is 3.80. The average Bonchev–Trinajstić information content (AvgIpc) is 2.98. The van der Waals surface area contributed by atoms with E-state index >= 15 is 0 Å². The molecule has 0 radical (unpaired) electrons. The Balaban J connectivity index is 1.95. The van der Waals surface area contributed by atoms with E-state index in [1.165, 1.54) is 0 Å². The third-order valence-corrected chi connectivity index (χ3v) is 5.08. The van der Waals surface area contributed by atoms with Crippen molar-refractivity contribution in [3.05, 3.63) is 18.2 Å². The Kier molecular flexibility index (Phi) is 3.75. The molecule has 2 heterocycles. The van der Waals surface area contributed by atoms with E-state index < -0.39 is 10.0 Å². The Morgan fingerprint density at radius 1 is 1.29 bits per heavy atom. The van der Waals surface area contributed by atoms with Crippen molar-refractivity contribution in [2.75, 3.05) is 29.9 Å². The number of nitrogens with zero attached hydrogens (tertiary/aromatic N) is 2. The summed E-state index contributed by atoms with van der Waals surface area (Å²) in [4.78, 5) is 6.71. The number of nitrogens with one attached hydrogen (secondary N) is 2. The molecule has 1 aromatic rings. The lowest BCUT2D eigenvalue weighted by atomic mass is 10.2. The van der Waals surface area contributed by atoms with Crippen LogP contribution in [0.15, 0.2) is 28.1 Å². The maximum Gasteiger partial charge on any atom is 0.266 e. The SMILES string of the molecule is CCCN=C1Nc2ccc(N3CCCC3)cc2S(=O)(=O)N1. The number of guanidine groups is 1. The molecule has 0 amide bonds. The number of hydrogen-bond donors (Lipinski definition) is 2. The maximum absolute atomic E-state index is 12.4. The minimum Gasteiger partial charge on any atom is -0.371 e. The van der Waals surface area contributed by atoms with Crippen LogP contribution in [0.4, 0.5) is 11.4 Å². The lowest BCUT2D eigenvalue weighted by Crippen LogP contribution is -2.41. The molecule has 7 heteroatoms. The van der Waals surface area contributed by atoms with Gasteiger partial charge in [-0.15, -0.1) is 0 Å². The standard InChI is InChI=1S/C14H20N4O2S/c1-2-7-15-14-16-12-6-5-11(18-8-3-4-9-18)10-13(12)21(19,20)17-14/h5-6,10H,2-4,7-9H2,1H3,(H2,15,16,17). The van der Waals surface area contributed by atoms with Crippen LogP contribution < -0.4 is 14.9 Å². The highest BCUT2D eigenvalue weighted by Gasteiger charge is 2.27. The predicted octanol–water partition coefficient (Wildman–Crippen LogP) is 1.76. The summed E-state index contributed by atoms with van der Waals surface area (Å²) in [6.07, 6.45) is 3.19. The fraction of sp³-hybridized carbons (Fsp3) is 0.500. The zero-order valence-electron chi connectivity index (χ0n) is 12.1. The lowest BCUT2D eigenvalue weighted by Gasteiger charge is -2.24. The quantitative estimate of drug-likeness (QED) is 0.892. The van der Waals surface area contributed by atoms with Crippen molar-refractivity contribution >= 4 is 27.4 Å². The summed E-state index contributed by atoms with van der Waals surface area (Å²) in [6, 6.07) is 5.53. The summed E-state index contributed by atoms with van der Waals surface area (Å²) in [5.41, 5.74) is 1.55. The van der Waals surface area contributed by atoms with Crippen LogP contribution >= 0.6 is 0 Å². The van der Waals surface area contributed by atoms with Crippen molar-refractivity contribution in [3.63, 3.8) is 0 Å². The second kappa shape index (κ2) is 5.55. The maximum atomic E-state index is 12.4. The molecule has 0 atom stereocenters. The number of rotatable bonds is 3. The van der Waals surface area contributed by atoms with Crippen molar-refractivity contribution in [1.82, 2.24) is 4.72 Å². The largest absolute Gasteiger partial charge is 0.371 e. The number of anilines is 2. The molecule has 0 saturated carbocycles. The van der Waals surface area contributed by atoms with Crippen LogP contribution in [0, 0.1) is 0 Å². The Morgan fingerprint density at radius 3 is 2.76 bits per heavy atom. The zero-order valence-corrected chi connectivity index (χ0v) is 12.9. The van der Waals surface area contributed by atoms with Gasteiger partial charge in [-0.05, 0) is 37.5 Å². The fourth-order valence-electron chi connectivity index (χ4n) is 2.64. The third kappa shape index (κ3) is 2.83. The molecular formula is C14H20N4O2S. The van der Waals surface area contributed by atoms with E-state index in [2.05, 4.69) is 19.9 Å². The van der Waals surface area contributed by atoms with Gasteiger partial charge in [0, 0.05) is 25.3 Å². The molecule has 0 aromatic heterocycles. The second-order valence-electron chi connectivity index (χ2n) is 5.34. The molecular weight excluding hydrogens is 288 g/mol. The molecule has 0 unspecified atom stereocenters. The molecule has 6 nitrogen and oxygen atoms in total. The van der Waals surface area contributed by atoms with Crippen LogP contribution in [0.5, 0.6) is 0 Å². The van der Waals surface area contributed by atoms with Gasteiger partial charge in [-0.25, -0.2) is 13.1 Å². The van der Waals surface area contributed by atoms with Gasteiger partial charge in [-0.2, -0.15) is 0 Å². The highest BCUT2D eigenvalue weighted by molar-refractivity contribution is 7.90. The third-order valence-electron chi connectivity index (χ3n) is 3.70. The van der Waals surface area contributed by atoms with Gasteiger partial charge in [-0.3, -0.25) is 4.99 Å². The Labute approximate surface area is 125 Å². The molecule has 1 aromatic carbocycles. The Hall–Kier alpha value is -1.76. The molecule has 0 spiro atoms. The highest BCUT2D eigenvalue weighted by atomic mass is 32.2. The Bertz CT molecular complexity index is 664. The first-order valence-electron chi connectivity index (χ1n) is 7.33. The highest BCUT2D eigenvalue weighted by Crippen LogP contribution is 2.30. The van der Waals surface area contributed by atoms with Crippen LogP contribution in [-0.2, 0) is 10.0 Å². The van der Waals surface area contributed by atoms with E-state index in [0.717, 1.165) is 38.0 Å². The summed E-state index contributed by atoms with van der Waals surface area (Å²) in [7, 11) is -3.54. The number of aliphatic imine (C=N–C) groups is 1. The summed E-state index contributed by atoms with van der Waals surface area (Å²) >= 11 is 0. The molecule has 1 saturated heterocycles. The topological polar surface area (TPSA) is 73.8 Å². The van der Waals surface area contributed by atoms with Crippen molar-refractivity contribution < 1.29 is 8.42 Å². The van der Waals surface area contributed by atoms with E-state index in [1.807, 2.05) is 19.1 Å². The summed E-state index contributed by atoms with van der Waals surface area (Å²) in [5, 5.41) is 3.05. The van der Waals surface area contributed by atoms with Gasteiger partial charge >= 0.3 is 0 Å². The van der Waals surface area contributed by atoms with E-state index in [4.69, 9.17) is 0 Å². The molecule has 21 heavy (non-hydrogen) atoms. The van der Waals surface area contributed by atoms with Crippen molar-refractivity contribution in [3.8, 4) is 0 Å². The Morgan fingerprint density at radius 2 is 2.05 bits per heavy atom. The van der Waals surface area contributed by atoms with Crippen LogP contribution in [0.25, 0.3) is 0 Å². The first-order valence-corrected chi connectivity index (χ1v) is 8.82. The molecule has 1 fully saturated rings. The van der Waals surface area contributed by atoms with Gasteiger partial charge < -0.3 is 10.2 Å². The zero-order chi connectivity index (χ0) is 14.9. The van der Waals surface area contributed by atoms with Crippen LogP contribution in [0.2, 0.25) is 0 Å². The van der Waals surface area contributed by atoms with Gasteiger partial charge in [0.1, 0.15) is 4.90 Å². The van der Waals surface area contributed by atoms with E-state index in [9.17, 15) is 8.42 Å². The molecule has 0 aliphatic carbocycles. The summed E-state index contributed by atoms with van der Waals surface area (Å²) < 4.78 is 27.2. The normalized spacial score (nSPS) is 21.8. The average molecular weight is 308 g/mol. The van der Waals surface area contributed by atoms with E-state index in [0.29, 0.717) is 23.1 Å². The molecule has 2 aliphatic rings. The van der Waals surface area contributed by atoms with Crippen molar-refractivity contribution in [1.29, 1.82) is 0 Å². The first-order chi connectivity index (χ1) is 10.1. The first kappa shape index (κ1) is 14.2. The predicted molar refractivity (Wildman–Crippen MR) is 84.4 cm³/mol. The van der Waals surface area contributed by atoms with Crippen molar-refractivity contribution in [2.24, 2.45) is 4.99 Å². The van der Waals surface area contributed by atoms with Gasteiger partial charge in [0.05, 0.1) is 5.69 Å². The molecule has 2 aliphatic heterocycles. The number of fused-ring (bicyclic) bond motifs is 1. The van der Waals surface area contributed by atoms with Crippen LogP contribution in [0.3, 0.4) is 0 Å². The van der Waals surface area contributed by atoms with Crippen molar-refractivity contribution in [2.45, 2.75) is 31.1 Å². The van der Waals surface area contributed by atoms with Gasteiger partial charge in [0.25, 0.3) is 10.0 Å². The second-order valence-corrected chi connectivity index (χ2v) is 6.99. The number of hydrogen-bond acceptors (Lipinski definition) is 4.